The van der Waals surface area contributed by atoms with Crippen LogP contribution in [-0.2, 0) is 9.53 Å². The number of halogens is 1. The van der Waals surface area contributed by atoms with Gasteiger partial charge in [0.2, 0.25) is 17.7 Å². The third-order valence-electron chi connectivity index (χ3n) is 4.87. The van der Waals surface area contributed by atoms with Gasteiger partial charge in [-0.2, -0.15) is 4.98 Å². The molecule has 1 fully saturated rings. The summed E-state index contributed by atoms with van der Waals surface area (Å²) in [5.41, 5.74) is 2.63. The van der Waals surface area contributed by atoms with Crippen molar-refractivity contribution in [3.8, 4) is 11.6 Å². The van der Waals surface area contributed by atoms with Crippen LogP contribution in [0.3, 0.4) is 0 Å². The molecular formula is C23H24ClN5O3. The molecule has 1 amide bonds. The molecule has 32 heavy (non-hydrogen) atoms. The monoisotopic (exact) mass is 453 g/mol. The lowest BCUT2D eigenvalue weighted by molar-refractivity contribution is -0.115. The number of carbonyl (C=O) groups excluding carboxylic acids is 1. The van der Waals surface area contributed by atoms with Crippen molar-refractivity contribution >= 4 is 40.5 Å². The van der Waals surface area contributed by atoms with E-state index in [2.05, 4.69) is 37.6 Å². The molecule has 0 bridgehead atoms. The SMILES string of the molecule is CCC(=O)Nc1cccc(Oc2nc(Nc3ccc(N4CCOCC4)cc3)ncc2Cl)c1. The van der Waals surface area contributed by atoms with Crippen LogP contribution in [0.4, 0.5) is 23.0 Å². The normalized spacial score (nSPS) is 13.5. The highest BCUT2D eigenvalue weighted by atomic mass is 35.5. The average Bonchev–Trinajstić information content (AvgIpc) is 2.82. The van der Waals surface area contributed by atoms with Crippen molar-refractivity contribution in [3.63, 3.8) is 0 Å². The zero-order valence-corrected chi connectivity index (χ0v) is 18.4. The molecule has 0 saturated carbocycles. The lowest BCUT2D eigenvalue weighted by Crippen LogP contribution is -2.36. The molecule has 0 radical (unpaired) electrons. The zero-order chi connectivity index (χ0) is 22.3. The van der Waals surface area contributed by atoms with Gasteiger partial charge in [-0.3, -0.25) is 4.79 Å². The van der Waals surface area contributed by atoms with Crippen LogP contribution in [0.2, 0.25) is 5.02 Å². The van der Waals surface area contributed by atoms with Gasteiger partial charge in [-0.05, 0) is 36.4 Å². The van der Waals surface area contributed by atoms with E-state index in [1.807, 2.05) is 12.1 Å². The number of rotatable bonds is 7. The predicted molar refractivity (Wildman–Crippen MR) is 125 cm³/mol. The van der Waals surface area contributed by atoms with E-state index in [9.17, 15) is 4.79 Å². The van der Waals surface area contributed by atoms with Gasteiger partial charge in [0.05, 0.1) is 19.4 Å². The summed E-state index contributed by atoms with van der Waals surface area (Å²) >= 11 is 6.24. The Morgan fingerprint density at radius 3 is 2.69 bits per heavy atom. The van der Waals surface area contributed by atoms with E-state index < -0.39 is 0 Å². The summed E-state index contributed by atoms with van der Waals surface area (Å²) in [6, 6.07) is 15.1. The Bertz CT molecular complexity index is 1070. The Kier molecular flexibility index (Phi) is 7.03. The summed E-state index contributed by atoms with van der Waals surface area (Å²) in [6.45, 7) is 5.06. The van der Waals surface area contributed by atoms with Crippen LogP contribution in [0.15, 0.2) is 54.7 Å². The first-order valence-corrected chi connectivity index (χ1v) is 10.8. The molecule has 1 saturated heterocycles. The second-order valence-corrected chi connectivity index (χ2v) is 7.56. The number of benzene rings is 2. The molecule has 2 heterocycles. The van der Waals surface area contributed by atoms with E-state index >= 15 is 0 Å². The van der Waals surface area contributed by atoms with Crippen molar-refractivity contribution in [2.75, 3.05) is 41.8 Å². The van der Waals surface area contributed by atoms with Crippen molar-refractivity contribution in [2.45, 2.75) is 13.3 Å². The first-order chi connectivity index (χ1) is 15.6. The van der Waals surface area contributed by atoms with Gasteiger partial charge in [-0.25, -0.2) is 4.98 Å². The van der Waals surface area contributed by atoms with Crippen LogP contribution >= 0.6 is 11.6 Å². The molecule has 4 rings (SSSR count). The number of nitrogens with one attached hydrogen (secondary N) is 2. The van der Waals surface area contributed by atoms with E-state index in [-0.39, 0.29) is 16.8 Å². The topological polar surface area (TPSA) is 88.6 Å². The maximum absolute atomic E-state index is 11.6. The maximum atomic E-state index is 11.6. The second kappa shape index (κ2) is 10.3. The first kappa shape index (κ1) is 21.9. The highest BCUT2D eigenvalue weighted by Gasteiger charge is 2.12. The van der Waals surface area contributed by atoms with E-state index in [4.69, 9.17) is 21.1 Å². The summed E-state index contributed by atoms with van der Waals surface area (Å²) in [4.78, 5) is 22.5. The third-order valence-corrected chi connectivity index (χ3v) is 5.12. The van der Waals surface area contributed by atoms with Gasteiger partial charge in [0.25, 0.3) is 0 Å². The molecule has 166 valence electrons. The minimum atomic E-state index is -0.0756. The van der Waals surface area contributed by atoms with Crippen molar-refractivity contribution in [1.82, 2.24) is 9.97 Å². The molecule has 2 aromatic carbocycles. The Morgan fingerprint density at radius 2 is 1.94 bits per heavy atom. The van der Waals surface area contributed by atoms with E-state index in [0.29, 0.717) is 23.8 Å². The summed E-state index contributed by atoms with van der Waals surface area (Å²) < 4.78 is 11.3. The largest absolute Gasteiger partial charge is 0.437 e. The molecule has 9 heteroatoms. The van der Waals surface area contributed by atoms with Crippen molar-refractivity contribution in [2.24, 2.45) is 0 Å². The van der Waals surface area contributed by atoms with Gasteiger partial charge in [-0.15, -0.1) is 0 Å². The van der Waals surface area contributed by atoms with E-state index in [0.717, 1.165) is 37.7 Å². The molecule has 1 aliphatic heterocycles. The van der Waals surface area contributed by atoms with Crippen molar-refractivity contribution in [1.29, 1.82) is 0 Å². The first-order valence-electron chi connectivity index (χ1n) is 10.4. The summed E-state index contributed by atoms with van der Waals surface area (Å²) in [5.74, 6) is 1.00. The minimum Gasteiger partial charge on any atom is -0.437 e. The lowest BCUT2D eigenvalue weighted by Gasteiger charge is -2.28. The number of hydrogen-bond donors (Lipinski definition) is 2. The molecule has 0 spiro atoms. The number of ether oxygens (including phenoxy) is 2. The highest BCUT2D eigenvalue weighted by molar-refractivity contribution is 6.31. The molecule has 0 aliphatic carbocycles. The summed E-state index contributed by atoms with van der Waals surface area (Å²) in [7, 11) is 0. The summed E-state index contributed by atoms with van der Waals surface area (Å²) in [6.07, 6.45) is 1.88. The summed E-state index contributed by atoms with van der Waals surface area (Å²) in [5, 5.41) is 6.25. The second-order valence-electron chi connectivity index (χ2n) is 7.15. The molecule has 8 nitrogen and oxygen atoms in total. The third kappa shape index (κ3) is 5.66. The maximum Gasteiger partial charge on any atom is 0.243 e. The average molecular weight is 454 g/mol. The van der Waals surface area contributed by atoms with Gasteiger partial charge < -0.3 is 25.0 Å². The number of morpholine rings is 1. The number of amides is 1. The Hall–Kier alpha value is -3.36. The number of carbonyl (C=O) groups is 1. The van der Waals surface area contributed by atoms with Crippen LogP contribution in [-0.4, -0.2) is 42.2 Å². The standard InChI is InChI=1S/C23H24ClN5O3/c1-2-21(30)26-17-4-3-5-19(14-17)32-22-20(24)15-25-23(28-22)27-16-6-8-18(9-7-16)29-10-12-31-13-11-29/h3-9,14-15H,2,10-13H2,1H3,(H,26,30)(H,25,27,28). The van der Waals surface area contributed by atoms with Gasteiger partial charge in [-0.1, -0.05) is 24.6 Å². The number of aromatic nitrogens is 2. The fourth-order valence-corrected chi connectivity index (χ4v) is 3.32. The fraction of sp³-hybridized carbons (Fsp3) is 0.261. The lowest BCUT2D eigenvalue weighted by atomic mass is 10.2. The Morgan fingerprint density at radius 1 is 1.16 bits per heavy atom. The molecule has 1 aliphatic rings. The van der Waals surface area contributed by atoms with E-state index in [1.54, 1.807) is 31.2 Å². The quantitative estimate of drug-likeness (QED) is 0.528. The molecule has 0 atom stereocenters. The Labute approximate surface area is 191 Å². The Balaban J connectivity index is 1.45. The fourth-order valence-electron chi connectivity index (χ4n) is 3.19. The predicted octanol–water partition coefficient (Wildman–Crippen LogP) is 4.85. The van der Waals surface area contributed by atoms with E-state index in [1.165, 1.54) is 6.20 Å². The van der Waals surface area contributed by atoms with Crippen molar-refractivity contribution < 1.29 is 14.3 Å². The smallest absolute Gasteiger partial charge is 0.243 e. The molecule has 3 aromatic rings. The number of hydrogen-bond acceptors (Lipinski definition) is 7. The van der Waals surface area contributed by atoms with Crippen LogP contribution in [0, 0.1) is 0 Å². The van der Waals surface area contributed by atoms with Gasteiger partial charge in [0, 0.05) is 42.6 Å². The van der Waals surface area contributed by atoms with Gasteiger partial charge >= 0.3 is 0 Å². The van der Waals surface area contributed by atoms with Gasteiger partial charge in [0.1, 0.15) is 10.8 Å². The highest BCUT2D eigenvalue weighted by Crippen LogP contribution is 2.30. The minimum absolute atomic E-state index is 0.0756. The van der Waals surface area contributed by atoms with Crippen LogP contribution in [0.5, 0.6) is 11.6 Å². The molecule has 0 unspecified atom stereocenters. The zero-order valence-electron chi connectivity index (χ0n) is 17.7. The van der Waals surface area contributed by atoms with Crippen molar-refractivity contribution in [3.05, 3.63) is 59.8 Å². The number of nitrogens with zero attached hydrogens (tertiary/aromatic N) is 3. The van der Waals surface area contributed by atoms with Crippen LogP contribution in [0.1, 0.15) is 13.3 Å². The molecule has 2 N–H and O–H groups in total. The molecular weight excluding hydrogens is 430 g/mol. The molecule has 1 aromatic heterocycles. The van der Waals surface area contributed by atoms with Crippen LogP contribution in [0.25, 0.3) is 0 Å². The van der Waals surface area contributed by atoms with Crippen LogP contribution < -0.4 is 20.3 Å². The van der Waals surface area contributed by atoms with Gasteiger partial charge in [0.15, 0.2) is 0 Å². The number of anilines is 4.